The molecule has 98 valence electrons. The van der Waals surface area contributed by atoms with Gasteiger partial charge in [-0.3, -0.25) is 0 Å². The van der Waals surface area contributed by atoms with Gasteiger partial charge in [0.2, 0.25) is 0 Å². The van der Waals surface area contributed by atoms with Gasteiger partial charge in [0.1, 0.15) is 22.4 Å². The first kappa shape index (κ1) is 13.2. The lowest BCUT2D eigenvalue weighted by atomic mass is 10.2. The van der Waals surface area contributed by atoms with Crippen LogP contribution in [0, 0.1) is 0 Å². The lowest BCUT2D eigenvalue weighted by Gasteiger charge is -2.07. The number of ether oxygens (including phenoxy) is 2. The monoisotopic (exact) mass is 279 g/mol. The van der Waals surface area contributed by atoms with Gasteiger partial charge in [0, 0.05) is 6.07 Å². The highest BCUT2D eigenvalue weighted by atomic mass is 35.5. The summed E-state index contributed by atoms with van der Waals surface area (Å²) in [5.74, 6) is 0.0742. The molecule has 1 N–H and O–H groups in total. The van der Waals surface area contributed by atoms with Crippen molar-refractivity contribution in [2.75, 3.05) is 7.11 Å². The van der Waals surface area contributed by atoms with Crippen LogP contribution in [0.25, 0.3) is 0 Å². The Labute approximate surface area is 114 Å². The van der Waals surface area contributed by atoms with Crippen LogP contribution in [0.2, 0.25) is 5.15 Å². The van der Waals surface area contributed by atoms with E-state index >= 15 is 0 Å². The van der Waals surface area contributed by atoms with Crippen molar-refractivity contribution in [3.8, 4) is 17.2 Å². The van der Waals surface area contributed by atoms with Crippen LogP contribution in [-0.4, -0.2) is 23.2 Å². The molecule has 2 aromatic rings. The Morgan fingerprint density at radius 1 is 1.26 bits per heavy atom. The van der Waals surface area contributed by atoms with Crippen LogP contribution in [-0.2, 0) is 4.74 Å². The molecule has 0 saturated heterocycles. The highest BCUT2D eigenvalue weighted by Gasteiger charge is 2.10. The fourth-order valence-electron chi connectivity index (χ4n) is 1.44. The maximum atomic E-state index is 11.4. The number of methoxy groups -OCH3 is 1. The number of carbonyl (C=O) groups excluding carboxylic acids is 1. The highest BCUT2D eigenvalue weighted by molar-refractivity contribution is 6.29. The SMILES string of the molecule is COC(=O)c1cc(O)cc(Oc2ccc(Cl)nc2)c1. The third-order valence-corrected chi connectivity index (χ3v) is 2.47. The van der Waals surface area contributed by atoms with Crippen LogP contribution in [0.15, 0.2) is 36.5 Å². The molecular weight excluding hydrogens is 270 g/mol. The molecular formula is C13H10ClNO4. The molecule has 0 aliphatic carbocycles. The molecule has 0 aliphatic rings. The fraction of sp³-hybridized carbons (Fsp3) is 0.0769. The van der Waals surface area contributed by atoms with Crippen molar-refractivity contribution < 1.29 is 19.4 Å². The summed E-state index contributed by atoms with van der Waals surface area (Å²) < 4.78 is 10.0. The van der Waals surface area contributed by atoms with E-state index in [0.29, 0.717) is 16.7 Å². The highest BCUT2D eigenvalue weighted by Crippen LogP contribution is 2.27. The van der Waals surface area contributed by atoms with Gasteiger partial charge in [0.05, 0.1) is 18.9 Å². The molecule has 2 rings (SSSR count). The zero-order chi connectivity index (χ0) is 13.8. The summed E-state index contributed by atoms with van der Waals surface area (Å²) in [6.07, 6.45) is 1.43. The number of hydrogen-bond acceptors (Lipinski definition) is 5. The number of rotatable bonds is 3. The normalized spacial score (nSPS) is 10.0. The number of aromatic nitrogens is 1. The van der Waals surface area contributed by atoms with Crippen molar-refractivity contribution in [3.63, 3.8) is 0 Å². The van der Waals surface area contributed by atoms with Crippen LogP contribution < -0.4 is 4.74 Å². The predicted molar refractivity (Wildman–Crippen MR) is 68.8 cm³/mol. The lowest BCUT2D eigenvalue weighted by molar-refractivity contribution is 0.0600. The molecule has 0 saturated carbocycles. The summed E-state index contributed by atoms with van der Waals surface area (Å²) in [6, 6.07) is 7.32. The third kappa shape index (κ3) is 3.35. The standard InChI is InChI=1S/C13H10ClNO4/c1-18-13(17)8-4-9(16)6-11(5-8)19-10-2-3-12(14)15-7-10/h2-7,16H,1H3. The van der Waals surface area contributed by atoms with E-state index in [4.69, 9.17) is 16.3 Å². The topological polar surface area (TPSA) is 68.7 Å². The Kier molecular flexibility index (Phi) is 3.87. The number of esters is 1. The first-order valence-electron chi connectivity index (χ1n) is 5.30. The Hall–Kier alpha value is -2.27. The van der Waals surface area contributed by atoms with Crippen LogP contribution in [0.4, 0.5) is 0 Å². The lowest BCUT2D eigenvalue weighted by Crippen LogP contribution is -2.01. The van der Waals surface area contributed by atoms with Gasteiger partial charge in [0.15, 0.2) is 0 Å². The molecule has 0 aliphatic heterocycles. The predicted octanol–water partition coefficient (Wildman–Crippen LogP) is 3.02. The van der Waals surface area contributed by atoms with Crippen molar-refractivity contribution in [1.82, 2.24) is 4.98 Å². The van der Waals surface area contributed by atoms with Crippen molar-refractivity contribution >= 4 is 17.6 Å². The van der Waals surface area contributed by atoms with Gasteiger partial charge in [0.25, 0.3) is 0 Å². The molecule has 1 aromatic carbocycles. The minimum absolute atomic E-state index is 0.0974. The summed E-state index contributed by atoms with van der Waals surface area (Å²) >= 11 is 5.66. The van der Waals surface area contributed by atoms with Crippen molar-refractivity contribution in [3.05, 3.63) is 47.2 Å². The summed E-state index contributed by atoms with van der Waals surface area (Å²) in [5.41, 5.74) is 0.194. The molecule has 1 heterocycles. The van der Waals surface area contributed by atoms with Crippen LogP contribution in [0.3, 0.4) is 0 Å². The quantitative estimate of drug-likeness (QED) is 0.691. The maximum absolute atomic E-state index is 11.4. The van der Waals surface area contributed by atoms with E-state index in [1.54, 1.807) is 12.1 Å². The van der Waals surface area contributed by atoms with E-state index in [-0.39, 0.29) is 11.3 Å². The van der Waals surface area contributed by atoms with E-state index in [1.807, 2.05) is 0 Å². The molecule has 19 heavy (non-hydrogen) atoms. The van der Waals surface area contributed by atoms with Crippen LogP contribution >= 0.6 is 11.6 Å². The smallest absolute Gasteiger partial charge is 0.338 e. The average molecular weight is 280 g/mol. The third-order valence-electron chi connectivity index (χ3n) is 2.25. The summed E-state index contributed by atoms with van der Waals surface area (Å²) in [4.78, 5) is 15.3. The Morgan fingerprint density at radius 2 is 2.05 bits per heavy atom. The summed E-state index contributed by atoms with van der Waals surface area (Å²) in [5, 5.41) is 9.88. The first-order chi connectivity index (χ1) is 9.08. The van der Waals surface area contributed by atoms with Gasteiger partial charge in [-0.25, -0.2) is 9.78 Å². The van der Waals surface area contributed by atoms with Gasteiger partial charge in [-0.1, -0.05) is 11.6 Å². The van der Waals surface area contributed by atoms with Gasteiger partial charge >= 0.3 is 5.97 Å². The number of benzene rings is 1. The Bertz CT molecular complexity index is 598. The number of aromatic hydroxyl groups is 1. The van der Waals surface area contributed by atoms with E-state index in [9.17, 15) is 9.90 Å². The minimum atomic E-state index is -0.560. The van der Waals surface area contributed by atoms with Crippen LogP contribution in [0.1, 0.15) is 10.4 Å². The van der Waals surface area contributed by atoms with Gasteiger partial charge in [-0.2, -0.15) is 0 Å². The van der Waals surface area contributed by atoms with Gasteiger partial charge in [-0.15, -0.1) is 0 Å². The minimum Gasteiger partial charge on any atom is -0.508 e. The second-order valence-electron chi connectivity index (χ2n) is 3.63. The van der Waals surface area contributed by atoms with Crippen LogP contribution in [0.5, 0.6) is 17.2 Å². The van der Waals surface area contributed by atoms with E-state index < -0.39 is 5.97 Å². The second kappa shape index (κ2) is 5.58. The van der Waals surface area contributed by atoms with Crippen molar-refractivity contribution in [1.29, 1.82) is 0 Å². The van der Waals surface area contributed by atoms with Crippen molar-refractivity contribution in [2.45, 2.75) is 0 Å². The summed E-state index contributed by atoms with van der Waals surface area (Å²) in [7, 11) is 1.26. The number of phenols is 1. The number of phenolic OH excluding ortho intramolecular Hbond substituents is 1. The Morgan fingerprint density at radius 3 is 2.68 bits per heavy atom. The van der Waals surface area contributed by atoms with E-state index in [1.165, 1.54) is 31.5 Å². The average Bonchev–Trinajstić information content (AvgIpc) is 2.40. The summed E-state index contributed by atoms with van der Waals surface area (Å²) in [6.45, 7) is 0. The molecule has 0 amide bonds. The molecule has 5 nitrogen and oxygen atoms in total. The number of halogens is 1. The van der Waals surface area contributed by atoms with E-state index in [0.717, 1.165) is 0 Å². The number of hydrogen-bond donors (Lipinski definition) is 1. The molecule has 1 aromatic heterocycles. The van der Waals surface area contributed by atoms with Gasteiger partial charge in [-0.05, 0) is 24.3 Å². The molecule has 0 unspecified atom stereocenters. The maximum Gasteiger partial charge on any atom is 0.338 e. The van der Waals surface area contributed by atoms with Crippen molar-refractivity contribution in [2.24, 2.45) is 0 Å². The number of nitrogens with zero attached hydrogens (tertiary/aromatic N) is 1. The largest absolute Gasteiger partial charge is 0.508 e. The molecule has 0 spiro atoms. The zero-order valence-electron chi connectivity index (χ0n) is 9.96. The molecule has 0 radical (unpaired) electrons. The first-order valence-corrected chi connectivity index (χ1v) is 5.68. The molecule has 0 bridgehead atoms. The van der Waals surface area contributed by atoms with Gasteiger partial charge < -0.3 is 14.6 Å². The second-order valence-corrected chi connectivity index (χ2v) is 4.01. The zero-order valence-corrected chi connectivity index (χ0v) is 10.7. The number of carbonyl (C=O) groups is 1. The fourth-order valence-corrected chi connectivity index (χ4v) is 1.55. The molecule has 0 atom stereocenters. The molecule has 6 heteroatoms. The Balaban J connectivity index is 2.27. The molecule has 0 fully saturated rings. The number of pyridine rings is 1. The van der Waals surface area contributed by atoms with E-state index in [2.05, 4.69) is 9.72 Å².